The van der Waals surface area contributed by atoms with Gasteiger partial charge in [0.15, 0.2) is 0 Å². The average Bonchev–Trinajstić information content (AvgIpc) is 2.45. The SMILES string of the molecule is C[C@H](C(=O)O)c1cccc(OCc2ccccc2)c1. The number of benzene rings is 2. The van der Waals surface area contributed by atoms with Crippen molar-refractivity contribution < 1.29 is 14.6 Å². The number of aliphatic carboxylic acids is 1. The Morgan fingerprint density at radius 1 is 1.16 bits per heavy atom. The van der Waals surface area contributed by atoms with E-state index in [0.717, 1.165) is 11.1 Å². The third-order valence-electron chi connectivity index (χ3n) is 2.98. The molecule has 0 aliphatic heterocycles. The van der Waals surface area contributed by atoms with Crippen LogP contribution in [0.25, 0.3) is 0 Å². The van der Waals surface area contributed by atoms with Crippen molar-refractivity contribution in [2.75, 3.05) is 0 Å². The first kappa shape index (κ1) is 13.1. The fourth-order valence-electron chi connectivity index (χ4n) is 1.76. The fraction of sp³-hybridized carbons (Fsp3) is 0.188. The Labute approximate surface area is 112 Å². The van der Waals surface area contributed by atoms with Gasteiger partial charge in [0.25, 0.3) is 0 Å². The predicted octanol–water partition coefficient (Wildman–Crippen LogP) is 3.45. The van der Waals surface area contributed by atoms with E-state index in [-0.39, 0.29) is 0 Å². The molecule has 19 heavy (non-hydrogen) atoms. The molecule has 0 saturated heterocycles. The van der Waals surface area contributed by atoms with Crippen LogP contribution in [0.1, 0.15) is 24.0 Å². The van der Waals surface area contributed by atoms with Gasteiger partial charge in [0.05, 0.1) is 5.92 Å². The Kier molecular flexibility index (Phi) is 4.18. The van der Waals surface area contributed by atoms with Gasteiger partial charge in [-0.2, -0.15) is 0 Å². The summed E-state index contributed by atoms with van der Waals surface area (Å²) < 4.78 is 5.67. The predicted molar refractivity (Wildman–Crippen MR) is 73.3 cm³/mol. The number of carboxylic acids is 1. The van der Waals surface area contributed by atoms with E-state index in [9.17, 15) is 4.79 Å². The Hall–Kier alpha value is -2.29. The molecule has 0 aliphatic carbocycles. The maximum atomic E-state index is 10.9. The molecule has 0 fully saturated rings. The number of hydrogen-bond donors (Lipinski definition) is 1. The van der Waals surface area contributed by atoms with Crippen molar-refractivity contribution in [3.8, 4) is 5.75 Å². The van der Waals surface area contributed by atoms with Crippen molar-refractivity contribution in [3.05, 3.63) is 65.7 Å². The van der Waals surface area contributed by atoms with Crippen LogP contribution in [0.2, 0.25) is 0 Å². The Bertz CT molecular complexity index is 549. The maximum absolute atomic E-state index is 10.9. The molecule has 0 amide bonds. The summed E-state index contributed by atoms with van der Waals surface area (Å²) in [5.41, 5.74) is 1.83. The van der Waals surface area contributed by atoms with Gasteiger partial charge in [-0.15, -0.1) is 0 Å². The minimum absolute atomic E-state index is 0.478. The van der Waals surface area contributed by atoms with Crippen LogP contribution in [0.15, 0.2) is 54.6 Å². The highest BCUT2D eigenvalue weighted by Gasteiger charge is 2.13. The first-order chi connectivity index (χ1) is 9.16. The van der Waals surface area contributed by atoms with Crippen LogP contribution in [-0.4, -0.2) is 11.1 Å². The lowest BCUT2D eigenvalue weighted by molar-refractivity contribution is -0.138. The van der Waals surface area contributed by atoms with E-state index in [0.29, 0.717) is 12.4 Å². The van der Waals surface area contributed by atoms with Gasteiger partial charge in [-0.3, -0.25) is 4.79 Å². The van der Waals surface area contributed by atoms with Crippen molar-refractivity contribution >= 4 is 5.97 Å². The van der Waals surface area contributed by atoms with Crippen LogP contribution in [0.4, 0.5) is 0 Å². The van der Waals surface area contributed by atoms with Gasteiger partial charge >= 0.3 is 5.97 Å². The summed E-state index contributed by atoms with van der Waals surface area (Å²) in [5, 5.41) is 8.99. The molecule has 0 unspecified atom stereocenters. The monoisotopic (exact) mass is 256 g/mol. The molecule has 0 aliphatic rings. The average molecular weight is 256 g/mol. The lowest BCUT2D eigenvalue weighted by Crippen LogP contribution is -2.07. The van der Waals surface area contributed by atoms with Gasteiger partial charge < -0.3 is 9.84 Å². The molecule has 0 radical (unpaired) electrons. The minimum Gasteiger partial charge on any atom is -0.489 e. The number of carboxylic acid groups (broad SMARTS) is 1. The summed E-state index contributed by atoms with van der Waals surface area (Å²) >= 11 is 0. The molecule has 98 valence electrons. The standard InChI is InChI=1S/C16H16O3/c1-12(16(17)18)14-8-5-9-15(10-14)19-11-13-6-3-2-4-7-13/h2-10,12H,11H2,1H3,(H,17,18)/t12-/m0/s1. The van der Waals surface area contributed by atoms with Crippen molar-refractivity contribution in [3.63, 3.8) is 0 Å². The number of carbonyl (C=O) groups is 1. The molecular weight excluding hydrogens is 240 g/mol. The Balaban J connectivity index is 2.05. The first-order valence-corrected chi connectivity index (χ1v) is 6.16. The third-order valence-corrected chi connectivity index (χ3v) is 2.98. The largest absolute Gasteiger partial charge is 0.489 e. The van der Waals surface area contributed by atoms with E-state index in [1.807, 2.05) is 42.5 Å². The second kappa shape index (κ2) is 6.05. The minimum atomic E-state index is -0.833. The van der Waals surface area contributed by atoms with E-state index in [1.54, 1.807) is 19.1 Å². The number of rotatable bonds is 5. The summed E-state index contributed by atoms with van der Waals surface area (Å²) in [6, 6.07) is 17.1. The normalized spacial score (nSPS) is 11.8. The summed E-state index contributed by atoms with van der Waals surface area (Å²) in [6.45, 7) is 2.14. The van der Waals surface area contributed by atoms with Gasteiger partial charge in [0.1, 0.15) is 12.4 Å². The van der Waals surface area contributed by atoms with Crippen LogP contribution in [0.5, 0.6) is 5.75 Å². The molecule has 0 heterocycles. The molecule has 0 saturated carbocycles. The molecule has 1 atom stereocenters. The summed E-state index contributed by atoms with van der Waals surface area (Å²) in [4.78, 5) is 10.9. The lowest BCUT2D eigenvalue weighted by Gasteiger charge is -2.10. The van der Waals surface area contributed by atoms with Gasteiger partial charge in [-0.1, -0.05) is 42.5 Å². The van der Waals surface area contributed by atoms with Gasteiger partial charge in [-0.05, 0) is 30.2 Å². The van der Waals surface area contributed by atoms with E-state index in [1.165, 1.54) is 0 Å². The zero-order valence-electron chi connectivity index (χ0n) is 10.7. The van der Waals surface area contributed by atoms with Crippen LogP contribution >= 0.6 is 0 Å². The maximum Gasteiger partial charge on any atom is 0.310 e. The second-order valence-corrected chi connectivity index (χ2v) is 4.41. The highest BCUT2D eigenvalue weighted by atomic mass is 16.5. The molecule has 2 aromatic carbocycles. The van der Waals surface area contributed by atoms with Gasteiger partial charge in [0, 0.05) is 0 Å². The van der Waals surface area contributed by atoms with Gasteiger partial charge in [-0.25, -0.2) is 0 Å². The molecule has 2 rings (SSSR count). The van der Waals surface area contributed by atoms with E-state index >= 15 is 0 Å². The van der Waals surface area contributed by atoms with Gasteiger partial charge in [0.2, 0.25) is 0 Å². The third kappa shape index (κ3) is 3.58. The zero-order chi connectivity index (χ0) is 13.7. The summed E-state index contributed by atoms with van der Waals surface area (Å²) in [5.74, 6) is -0.671. The van der Waals surface area contributed by atoms with Crippen molar-refractivity contribution in [1.29, 1.82) is 0 Å². The smallest absolute Gasteiger partial charge is 0.310 e. The Morgan fingerprint density at radius 2 is 1.89 bits per heavy atom. The zero-order valence-corrected chi connectivity index (χ0v) is 10.7. The number of hydrogen-bond acceptors (Lipinski definition) is 2. The molecule has 0 aromatic heterocycles. The van der Waals surface area contributed by atoms with Crippen LogP contribution in [0, 0.1) is 0 Å². The van der Waals surface area contributed by atoms with Crippen LogP contribution < -0.4 is 4.74 Å². The molecule has 3 heteroatoms. The van der Waals surface area contributed by atoms with E-state index in [2.05, 4.69) is 0 Å². The van der Waals surface area contributed by atoms with Crippen LogP contribution in [-0.2, 0) is 11.4 Å². The highest BCUT2D eigenvalue weighted by Crippen LogP contribution is 2.21. The molecule has 3 nitrogen and oxygen atoms in total. The topological polar surface area (TPSA) is 46.5 Å². The molecule has 0 spiro atoms. The summed E-state index contributed by atoms with van der Waals surface area (Å²) in [7, 11) is 0. The fourth-order valence-corrected chi connectivity index (χ4v) is 1.76. The van der Waals surface area contributed by atoms with Crippen molar-refractivity contribution in [2.45, 2.75) is 19.4 Å². The molecule has 0 bridgehead atoms. The lowest BCUT2D eigenvalue weighted by atomic mass is 10.0. The van der Waals surface area contributed by atoms with Crippen molar-refractivity contribution in [2.24, 2.45) is 0 Å². The number of ether oxygens (including phenoxy) is 1. The Morgan fingerprint density at radius 3 is 2.58 bits per heavy atom. The highest BCUT2D eigenvalue weighted by molar-refractivity contribution is 5.75. The quantitative estimate of drug-likeness (QED) is 0.891. The second-order valence-electron chi connectivity index (χ2n) is 4.41. The molecular formula is C16H16O3. The van der Waals surface area contributed by atoms with E-state index < -0.39 is 11.9 Å². The first-order valence-electron chi connectivity index (χ1n) is 6.16. The molecule has 1 N–H and O–H groups in total. The summed E-state index contributed by atoms with van der Waals surface area (Å²) in [6.07, 6.45) is 0. The molecule has 2 aromatic rings. The van der Waals surface area contributed by atoms with Crippen molar-refractivity contribution in [1.82, 2.24) is 0 Å². The van der Waals surface area contributed by atoms with Crippen LogP contribution in [0.3, 0.4) is 0 Å². The van der Waals surface area contributed by atoms with E-state index in [4.69, 9.17) is 9.84 Å².